The van der Waals surface area contributed by atoms with Crippen LogP contribution < -0.4 is 9.80 Å². The van der Waals surface area contributed by atoms with Crippen LogP contribution in [-0.2, 0) is 13.1 Å². The van der Waals surface area contributed by atoms with Crippen molar-refractivity contribution in [2.45, 2.75) is 13.1 Å². The van der Waals surface area contributed by atoms with E-state index in [1.54, 1.807) is 6.20 Å². The normalized spacial score (nSPS) is 12.9. The molecule has 1 aromatic heterocycles. The molecule has 3 aromatic carbocycles. The molecule has 0 bridgehead atoms. The van der Waals surface area contributed by atoms with Gasteiger partial charge in [0.05, 0.1) is 23.5 Å². The molecule has 0 fully saturated rings. The SMILES string of the molecule is O=C1c2ccccc2N(Cc2ccccc2)c2ncccc2N1Cc1ccccc1. The van der Waals surface area contributed by atoms with Gasteiger partial charge >= 0.3 is 0 Å². The zero-order chi connectivity index (χ0) is 20.3. The molecule has 0 unspecified atom stereocenters. The lowest BCUT2D eigenvalue weighted by Crippen LogP contribution is -2.29. The standard InChI is InChI=1S/C26H21N3O/c30-26-22-14-7-8-15-23(22)28(18-20-10-3-1-4-11-20)25-24(16-9-17-27-25)29(26)19-21-12-5-2-6-13-21/h1-17H,18-19H2. The maximum atomic E-state index is 13.7. The summed E-state index contributed by atoms with van der Waals surface area (Å²) in [6, 6.07) is 32.0. The Hall–Kier alpha value is -3.92. The number of pyridine rings is 1. The van der Waals surface area contributed by atoms with Crippen molar-refractivity contribution in [2.75, 3.05) is 9.80 Å². The van der Waals surface area contributed by atoms with Gasteiger partial charge in [0.1, 0.15) is 0 Å². The fourth-order valence-electron chi connectivity index (χ4n) is 3.91. The Labute approximate surface area is 176 Å². The number of amides is 1. The summed E-state index contributed by atoms with van der Waals surface area (Å²) in [5, 5.41) is 0. The fraction of sp³-hybridized carbons (Fsp3) is 0.0769. The van der Waals surface area contributed by atoms with Crippen molar-refractivity contribution in [2.24, 2.45) is 0 Å². The Morgan fingerprint density at radius 3 is 1.87 bits per heavy atom. The highest BCUT2D eigenvalue weighted by molar-refractivity contribution is 6.13. The Morgan fingerprint density at radius 2 is 1.17 bits per heavy atom. The summed E-state index contributed by atoms with van der Waals surface area (Å²) in [6.07, 6.45) is 1.79. The van der Waals surface area contributed by atoms with Crippen molar-refractivity contribution in [1.29, 1.82) is 0 Å². The predicted octanol–water partition coefficient (Wildman–Crippen LogP) is 5.58. The minimum Gasteiger partial charge on any atom is -0.319 e. The van der Waals surface area contributed by atoms with E-state index >= 15 is 0 Å². The van der Waals surface area contributed by atoms with Crippen molar-refractivity contribution in [3.63, 3.8) is 0 Å². The number of nitrogens with zero attached hydrogens (tertiary/aromatic N) is 3. The van der Waals surface area contributed by atoms with Crippen LogP contribution in [0.25, 0.3) is 0 Å². The highest BCUT2D eigenvalue weighted by Gasteiger charge is 2.31. The summed E-state index contributed by atoms with van der Waals surface area (Å²) in [7, 11) is 0. The lowest BCUT2D eigenvalue weighted by Gasteiger charge is -2.26. The molecule has 0 spiro atoms. The molecule has 0 aliphatic carbocycles. The topological polar surface area (TPSA) is 36.4 Å². The van der Waals surface area contributed by atoms with Crippen LogP contribution in [0.4, 0.5) is 17.2 Å². The first-order chi connectivity index (χ1) is 14.8. The second-order valence-electron chi connectivity index (χ2n) is 7.31. The quantitative estimate of drug-likeness (QED) is 0.456. The molecule has 0 saturated heterocycles. The first kappa shape index (κ1) is 18.1. The van der Waals surface area contributed by atoms with Crippen molar-refractivity contribution >= 4 is 23.1 Å². The van der Waals surface area contributed by atoms with Crippen molar-refractivity contribution in [3.8, 4) is 0 Å². The first-order valence-electron chi connectivity index (χ1n) is 10.0. The molecule has 5 rings (SSSR count). The van der Waals surface area contributed by atoms with E-state index < -0.39 is 0 Å². The monoisotopic (exact) mass is 391 g/mol. The lowest BCUT2D eigenvalue weighted by atomic mass is 10.1. The molecule has 4 heteroatoms. The van der Waals surface area contributed by atoms with Gasteiger partial charge < -0.3 is 9.80 Å². The molecule has 1 aliphatic heterocycles. The smallest absolute Gasteiger partial charge is 0.260 e. The molecule has 146 valence electrons. The van der Waals surface area contributed by atoms with E-state index in [0.717, 1.165) is 28.3 Å². The van der Waals surface area contributed by atoms with Crippen molar-refractivity contribution in [3.05, 3.63) is 120 Å². The molecule has 4 aromatic rings. The summed E-state index contributed by atoms with van der Waals surface area (Å²) in [5.41, 5.74) is 4.62. The maximum absolute atomic E-state index is 13.7. The first-order valence-corrected chi connectivity index (χ1v) is 10.0. The number of benzene rings is 3. The van der Waals surface area contributed by atoms with E-state index in [4.69, 9.17) is 4.98 Å². The molecule has 0 radical (unpaired) electrons. The summed E-state index contributed by atoms with van der Waals surface area (Å²) in [4.78, 5) is 22.4. The van der Waals surface area contributed by atoms with Gasteiger partial charge in [0.15, 0.2) is 5.82 Å². The molecule has 1 amide bonds. The third-order valence-corrected chi connectivity index (χ3v) is 5.35. The van der Waals surface area contributed by atoms with E-state index in [9.17, 15) is 4.79 Å². The summed E-state index contributed by atoms with van der Waals surface area (Å²) >= 11 is 0. The molecule has 2 heterocycles. The predicted molar refractivity (Wildman–Crippen MR) is 120 cm³/mol. The van der Waals surface area contributed by atoms with E-state index in [0.29, 0.717) is 18.7 Å². The van der Waals surface area contributed by atoms with E-state index in [2.05, 4.69) is 17.0 Å². The molecule has 0 atom stereocenters. The second-order valence-corrected chi connectivity index (χ2v) is 7.31. The Morgan fingerprint density at radius 1 is 0.600 bits per heavy atom. The van der Waals surface area contributed by atoms with Crippen molar-refractivity contribution in [1.82, 2.24) is 4.98 Å². The number of carbonyl (C=O) groups excluding carboxylic acids is 1. The van der Waals surface area contributed by atoms with Crippen LogP contribution in [0.3, 0.4) is 0 Å². The fourth-order valence-corrected chi connectivity index (χ4v) is 3.91. The van der Waals surface area contributed by atoms with Gasteiger partial charge in [0.25, 0.3) is 5.91 Å². The number of para-hydroxylation sites is 1. The zero-order valence-corrected chi connectivity index (χ0v) is 16.5. The summed E-state index contributed by atoms with van der Waals surface area (Å²) < 4.78 is 0. The van der Waals surface area contributed by atoms with E-state index in [1.807, 2.05) is 89.8 Å². The molecule has 4 nitrogen and oxygen atoms in total. The van der Waals surface area contributed by atoms with Gasteiger partial charge in [-0.05, 0) is 35.4 Å². The molecule has 30 heavy (non-hydrogen) atoms. The van der Waals surface area contributed by atoms with E-state index in [1.165, 1.54) is 0 Å². The third kappa shape index (κ3) is 3.33. The average Bonchev–Trinajstić information content (AvgIpc) is 2.90. The highest BCUT2D eigenvalue weighted by atomic mass is 16.2. The number of anilines is 3. The zero-order valence-electron chi connectivity index (χ0n) is 16.5. The molecular formula is C26H21N3O. The molecule has 0 saturated carbocycles. The Kier molecular flexibility index (Phi) is 4.74. The number of hydrogen-bond acceptors (Lipinski definition) is 3. The number of hydrogen-bond donors (Lipinski definition) is 0. The lowest BCUT2D eigenvalue weighted by molar-refractivity contribution is 0.0986. The Balaban J connectivity index is 1.67. The number of carbonyl (C=O) groups is 1. The van der Waals surface area contributed by atoms with Crippen LogP contribution in [0.1, 0.15) is 21.5 Å². The van der Waals surface area contributed by atoms with Gasteiger partial charge in [-0.1, -0.05) is 72.8 Å². The summed E-state index contributed by atoms with van der Waals surface area (Å²) in [5.74, 6) is 0.773. The van der Waals surface area contributed by atoms with Crippen LogP contribution in [0.5, 0.6) is 0 Å². The number of aromatic nitrogens is 1. The van der Waals surface area contributed by atoms with Crippen LogP contribution in [0.2, 0.25) is 0 Å². The highest BCUT2D eigenvalue weighted by Crippen LogP contribution is 2.40. The van der Waals surface area contributed by atoms with Gasteiger partial charge in [-0.2, -0.15) is 0 Å². The summed E-state index contributed by atoms with van der Waals surface area (Å²) in [6.45, 7) is 1.13. The van der Waals surface area contributed by atoms with Crippen LogP contribution in [-0.4, -0.2) is 10.9 Å². The van der Waals surface area contributed by atoms with Crippen molar-refractivity contribution < 1.29 is 4.79 Å². The number of rotatable bonds is 4. The Bertz CT molecular complexity index is 1180. The third-order valence-electron chi connectivity index (χ3n) is 5.35. The van der Waals surface area contributed by atoms with Gasteiger partial charge in [-0.25, -0.2) is 4.98 Å². The second kappa shape index (κ2) is 7.84. The van der Waals surface area contributed by atoms with Crippen LogP contribution >= 0.6 is 0 Å². The molecule has 0 N–H and O–H groups in total. The van der Waals surface area contributed by atoms with Gasteiger partial charge in [0, 0.05) is 12.7 Å². The largest absolute Gasteiger partial charge is 0.319 e. The van der Waals surface area contributed by atoms with Gasteiger partial charge in [-0.3, -0.25) is 4.79 Å². The maximum Gasteiger partial charge on any atom is 0.260 e. The van der Waals surface area contributed by atoms with Crippen LogP contribution in [0, 0.1) is 0 Å². The minimum atomic E-state index is -0.0146. The average molecular weight is 391 g/mol. The molecular weight excluding hydrogens is 370 g/mol. The minimum absolute atomic E-state index is 0.0146. The van der Waals surface area contributed by atoms with Gasteiger partial charge in [-0.15, -0.1) is 0 Å². The van der Waals surface area contributed by atoms with Gasteiger partial charge in [0.2, 0.25) is 0 Å². The molecule has 1 aliphatic rings. The van der Waals surface area contributed by atoms with Crippen LogP contribution in [0.15, 0.2) is 103 Å². The van der Waals surface area contributed by atoms with E-state index in [-0.39, 0.29) is 5.91 Å². The number of fused-ring (bicyclic) bond motifs is 2.